The van der Waals surface area contributed by atoms with Crippen molar-refractivity contribution in [3.05, 3.63) is 64.2 Å². The summed E-state index contributed by atoms with van der Waals surface area (Å²) >= 11 is 6.50. The van der Waals surface area contributed by atoms with Crippen molar-refractivity contribution in [2.24, 2.45) is 0 Å². The second-order valence-electron chi connectivity index (χ2n) is 8.97. The summed E-state index contributed by atoms with van der Waals surface area (Å²) in [6, 6.07) is 14.7. The van der Waals surface area contributed by atoms with Gasteiger partial charge in [-0.25, -0.2) is 4.79 Å². The van der Waals surface area contributed by atoms with Gasteiger partial charge in [0.15, 0.2) is 0 Å². The van der Waals surface area contributed by atoms with Crippen LogP contribution in [-0.4, -0.2) is 29.7 Å². The molecular weight excluding hydrogens is 384 g/mol. The summed E-state index contributed by atoms with van der Waals surface area (Å²) in [7, 11) is 0. The minimum Gasteiger partial charge on any atom is -0.444 e. The largest absolute Gasteiger partial charge is 0.444 e. The Morgan fingerprint density at radius 3 is 2.62 bits per heavy atom. The van der Waals surface area contributed by atoms with Crippen LogP contribution in [-0.2, 0) is 17.7 Å². The summed E-state index contributed by atoms with van der Waals surface area (Å²) in [4.78, 5) is 17.1. The molecule has 0 spiro atoms. The first kappa shape index (κ1) is 20.1. The number of likely N-dealkylation sites (tertiary alicyclic amines) is 1. The molecule has 2 aliphatic heterocycles. The third-order valence-corrected chi connectivity index (χ3v) is 5.92. The van der Waals surface area contributed by atoms with Crippen LogP contribution in [0.2, 0.25) is 5.02 Å². The lowest BCUT2D eigenvalue weighted by Crippen LogP contribution is -2.37. The first-order chi connectivity index (χ1) is 13.8. The van der Waals surface area contributed by atoms with Gasteiger partial charge in [-0.3, -0.25) is 0 Å². The highest BCUT2D eigenvalue weighted by molar-refractivity contribution is 6.30. The van der Waals surface area contributed by atoms with Crippen LogP contribution >= 0.6 is 11.6 Å². The Kier molecular flexibility index (Phi) is 5.48. The van der Waals surface area contributed by atoms with Crippen LogP contribution in [0, 0.1) is 0 Å². The highest BCUT2D eigenvalue weighted by Gasteiger charge is 2.35. The van der Waals surface area contributed by atoms with E-state index in [4.69, 9.17) is 16.3 Å². The highest BCUT2D eigenvalue weighted by atomic mass is 35.5. The van der Waals surface area contributed by atoms with Crippen molar-refractivity contribution in [1.82, 2.24) is 4.90 Å². The van der Waals surface area contributed by atoms with Crippen molar-refractivity contribution in [3.63, 3.8) is 0 Å². The number of para-hydroxylation sites is 1. The lowest BCUT2D eigenvalue weighted by Gasteiger charge is -2.35. The predicted molar refractivity (Wildman–Crippen MR) is 118 cm³/mol. The van der Waals surface area contributed by atoms with Crippen molar-refractivity contribution in [3.8, 4) is 0 Å². The van der Waals surface area contributed by atoms with Crippen molar-refractivity contribution in [2.45, 2.75) is 58.2 Å². The quantitative estimate of drug-likeness (QED) is 0.608. The van der Waals surface area contributed by atoms with Crippen LogP contribution in [0.3, 0.4) is 0 Å². The van der Waals surface area contributed by atoms with Crippen molar-refractivity contribution in [1.29, 1.82) is 0 Å². The van der Waals surface area contributed by atoms with Crippen LogP contribution in [0.15, 0.2) is 42.5 Å². The third-order valence-electron chi connectivity index (χ3n) is 5.70. The molecule has 154 valence electrons. The molecule has 0 radical (unpaired) electrons. The molecule has 0 N–H and O–H groups in total. The summed E-state index contributed by atoms with van der Waals surface area (Å²) < 4.78 is 5.68. The molecular formula is C24H29ClN2O2. The van der Waals surface area contributed by atoms with Crippen LogP contribution in [0.1, 0.15) is 56.3 Å². The zero-order valence-electron chi connectivity index (χ0n) is 17.5. The number of rotatable bonds is 2. The topological polar surface area (TPSA) is 32.8 Å². The van der Waals surface area contributed by atoms with E-state index in [1.165, 1.54) is 22.4 Å². The van der Waals surface area contributed by atoms with Crippen LogP contribution in [0.4, 0.5) is 10.5 Å². The molecule has 0 aromatic heterocycles. The van der Waals surface area contributed by atoms with E-state index in [-0.39, 0.29) is 12.1 Å². The molecule has 0 aliphatic carbocycles. The lowest BCUT2D eigenvalue weighted by molar-refractivity contribution is 0.0224. The Labute approximate surface area is 178 Å². The number of hydrogen-bond donors (Lipinski definition) is 0. The standard InChI is InChI=1S/C24H29ClN2O2/c1-24(2,3)29-23(28)27-12-7-10-22(27)20-15-18(25)14-17-11-13-26(16-21(17)20)19-8-5-4-6-9-19/h4-6,8-9,14-15,22H,7,10-13,16H2,1-3H3/t22-/m0/s1. The molecule has 2 aliphatic rings. The Bertz CT molecular complexity index is 892. The van der Waals surface area contributed by atoms with Gasteiger partial charge < -0.3 is 14.5 Å². The maximum atomic E-state index is 12.8. The number of hydrogen-bond acceptors (Lipinski definition) is 3. The maximum absolute atomic E-state index is 12.8. The van der Waals surface area contributed by atoms with Gasteiger partial charge in [0.2, 0.25) is 0 Å². The number of ether oxygens (including phenoxy) is 1. The normalized spacial score (nSPS) is 19.2. The van der Waals surface area contributed by atoms with Gasteiger partial charge in [0.05, 0.1) is 6.04 Å². The van der Waals surface area contributed by atoms with Crippen molar-refractivity contribution >= 4 is 23.4 Å². The number of halogens is 1. The van der Waals surface area contributed by atoms with Gasteiger partial charge in [0.1, 0.15) is 5.60 Å². The van der Waals surface area contributed by atoms with Crippen LogP contribution in [0.5, 0.6) is 0 Å². The molecule has 2 aromatic rings. The van der Waals surface area contributed by atoms with E-state index in [0.717, 1.165) is 43.9 Å². The molecule has 4 nitrogen and oxygen atoms in total. The first-order valence-corrected chi connectivity index (χ1v) is 10.8. The molecule has 0 bridgehead atoms. The van der Waals surface area contributed by atoms with Crippen molar-refractivity contribution < 1.29 is 9.53 Å². The number of benzene rings is 2. The number of carbonyl (C=O) groups excluding carboxylic acids is 1. The van der Waals surface area contributed by atoms with Gasteiger partial charge in [-0.1, -0.05) is 29.8 Å². The molecule has 2 heterocycles. The van der Waals surface area contributed by atoms with Crippen LogP contribution < -0.4 is 4.90 Å². The molecule has 2 aromatic carbocycles. The molecule has 29 heavy (non-hydrogen) atoms. The van der Waals surface area contributed by atoms with Gasteiger partial charge in [-0.15, -0.1) is 0 Å². The van der Waals surface area contributed by atoms with E-state index < -0.39 is 5.60 Å². The Morgan fingerprint density at radius 2 is 1.90 bits per heavy atom. The Morgan fingerprint density at radius 1 is 1.14 bits per heavy atom. The molecule has 4 rings (SSSR count). The molecule has 1 amide bonds. The lowest BCUT2D eigenvalue weighted by atomic mass is 9.90. The Balaban J connectivity index is 1.66. The second-order valence-corrected chi connectivity index (χ2v) is 9.41. The SMILES string of the molecule is CC(C)(C)OC(=O)N1CCC[C@H]1c1cc(Cl)cc2c1CN(c1ccccc1)CC2. The molecule has 5 heteroatoms. The minimum atomic E-state index is -0.498. The smallest absolute Gasteiger partial charge is 0.410 e. The summed E-state index contributed by atoms with van der Waals surface area (Å²) in [6.45, 7) is 8.27. The average molecular weight is 413 g/mol. The summed E-state index contributed by atoms with van der Waals surface area (Å²) in [5.74, 6) is 0. The summed E-state index contributed by atoms with van der Waals surface area (Å²) in [6.07, 6.45) is 2.64. The Hall–Kier alpha value is -2.20. The number of amides is 1. The first-order valence-electron chi connectivity index (χ1n) is 10.4. The van der Waals surface area contributed by atoms with E-state index in [9.17, 15) is 4.79 Å². The number of nitrogens with zero attached hydrogens (tertiary/aromatic N) is 2. The zero-order chi connectivity index (χ0) is 20.6. The predicted octanol–water partition coefficient (Wildman–Crippen LogP) is 5.97. The maximum Gasteiger partial charge on any atom is 0.410 e. The van der Waals surface area contributed by atoms with Crippen molar-refractivity contribution in [2.75, 3.05) is 18.0 Å². The van der Waals surface area contributed by atoms with E-state index in [1.54, 1.807) is 0 Å². The molecule has 1 saturated heterocycles. The fraction of sp³-hybridized carbons (Fsp3) is 0.458. The van der Waals surface area contributed by atoms with Gasteiger partial charge in [0, 0.05) is 30.3 Å². The minimum absolute atomic E-state index is 0.0213. The van der Waals surface area contributed by atoms with E-state index in [1.807, 2.05) is 31.7 Å². The zero-order valence-corrected chi connectivity index (χ0v) is 18.2. The third kappa shape index (κ3) is 4.37. The molecule has 0 saturated carbocycles. The number of carbonyl (C=O) groups is 1. The second kappa shape index (κ2) is 7.91. The molecule has 1 fully saturated rings. The van der Waals surface area contributed by atoms with Gasteiger partial charge in [-0.05, 0) is 81.0 Å². The fourth-order valence-electron chi connectivity index (χ4n) is 4.44. The van der Waals surface area contributed by atoms with Gasteiger partial charge >= 0.3 is 6.09 Å². The number of anilines is 1. The summed E-state index contributed by atoms with van der Waals surface area (Å²) in [5, 5.41) is 0.753. The monoisotopic (exact) mass is 412 g/mol. The average Bonchev–Trinajstić information content (AvgIpc) is 3.16. The number of fused-ring (bicyclic) bond motifs is 1. The highest BCUT2D eigenvalue weighted by Crippen LogP contribution is 2.39. The van der Waals surface area contributed by atoms with E-state index in [0.29, 0.717) is 0 Å². The van der Waals surface area contributed by atoms with Gasteiger partial charge in [-0.2, -0.15) is 0 Å². The fourth-order valence-corrected chi connectivity index (χ4v) is 4.69. The van der Waals surface area contributed by atoms with Gasteiger partial charge in [0.25, 0.3) is 0 Å². The molecule has 1 atom stereocenters. The van der Waals surface area contributed by atoms with E-state index >= 15 is 0 Å². The summed E-state index contributed by atoms with van der Waals surface area (Å²) in [5.41, 5.74) is 4.52. The van der Waals surface area contributed by atoms with E-state index in [2.05, 4.69) is 41.3 Å². The molecule has 0 unspecified atom stereocenters. The van der Waals surface area contributed by atoms with Crippen LogP contribution in [0.25, 0.3) is 0 Å².